The molecule has 2 heterocycles. The molecule has 2 aromatic rings. The first-order valence-electron chi connectivity index (χ1n) is 8.33. The van der Waals surface area contributed by atoms with Crippen LogP contribution in [0.5, 0.6) is 0 Å². The van der Waals surface area contributed by atoms with E-state index < -0.39 is 29.3 Å². The smallest absolute Gasteiger partial charge is 0.383 e. The molecule has 29 heavy (non-hydrogen) atoms. The normalized spacial score (nSPS) is 15.8. The van der Waals surface area contributed by atoms with Crippen molar-refractivity contribution in [1.82, 2.24) is 15.3 Å². The van der Waals surface area contributed by atoms with Crippen LogP contribution in [0.25, 0.3) is 0 Å². The molecular formula is C17H17F3N6O3. The Morgan fingerprint density at radius 3 is 2.69 bits per heavy atom. The van der Waals surface area contributed by atoms with Crippen LogP contribution in [-0.4, -0.2) is 34.1 Å². The quantitative estimate of drug-likeness (QED) is 0.662. The van der Waals surface area contributed by atoms with E-state index in [0.717, 1.165) is 24.4 Å². The number of hydrogen-bond donors (Lipinski definition) is 3. The van der Waals surface area contributed by atoms with Gasteiger partial charge in [-0.3, -0.25) is 4.90 Å². The number of nitrogens with one attached hydrogen (secondary N) is 2. The summed E-state index contributed by atoms with van der Waals surface area (Å²) < 4.78 is 38.2. The first kappa shape index (κ1) is 20.2. The molecule has 0 spiro atoms. The molecular weight excluding hydrogens is 393 g/mol. The van der Waals surface area contributed by atoms with Crippen molar-refractivity contribution < 1.29 is 27.6 Å². The van der Waals surface area contributed by atoms with E-state index in [0.29, 0.717) is 6.54 Å². The number of urea groups is 1. The molecule has 0 saturated carbocycles. The SMILES string of the molecule is CC1(C)CN(c2ncc(C(=O)ONc3cccc(C(F)(F)F)c3)c(N)n2)C(=O)N1. The Balaban J connectivity index is 1.70. The highest BCUT2D eigenvalue weighted by molar-refractivity contribution is 5.96. The third-order valence-electron chi connectivity index (χ3n) is 3.96. The number of nitrogens with two attached hydrogens (primary N) is 1. The van der Waals surface area contributed by atoms with E-state index >= 15 is 0 Å². The van der Waals surface area contributed by atoms with Crippen LogP contribution in [0.4, 0.5) is 35.4 Å². The molecule has 0 unspecified atom stereocenters. The summed E-state index contributed by atoms with van der Waals surface area (Å²) >= 11 is 0. The third kappa shape index (κ3) is 4.47. The first-order chi connectivity index (χ1) is 13.5. The number of anilines is 3. The van der Waals surface area contributed by atoms with E-state index in [1.54, 1.807) is 0 Å². The van der Waals surface area contributed by atoms with Crippen LogP contribution >= 0.6 is 0 Å². The first-order valence-corrected chi connectivity index (χ1v) is 8.33. The molecule has 1 aromatic carbocycles. The van der Waals surface area contributed by atoms with Gasteiger partial charge in [0.25, 0.3) is 0 Å². The largest absolute Gasteiger partial charge is 0.416 e. The van der Waals surface area contributed by atoms with Gasteiger partial charge in [0.2, 0.25) is 5.95 Å². The zero-order valence-electron chi connectivity index (χ0n) is 15.4. The number of nitrogens with zero attached hydrogens (tertiary/aromatic N) is 3. The second kappa shape index (κ2) is 7.11. The Hall–Kier alpha value is -3.57. The molecule has 12 heteroatoms. The second-order valence-corrected chi connectivity index (χ2v) is 6.94. The molecule has 154 valence electrons. The van der Waals surface area contributed by atoms with Crippen molar-refractivity contribution in [3.63, 3.8) is 0 Å². The van der Waals surface area contributed by atoms with Crippen molar-refractivity contribution >= 4 is 29.5 Å². The number of amides is 2. The van der Waals surface area contributed by atoms with E-state index in [2.05, 4.69) is 20.8 Å². The minimum absolute atomic E-state index is 0.00737. The number of alkyl halides is 3. The number of nitrogen functional groups attached to an aromatic ring is 1. The highest BCUT2D eigenvalue weighted by Crippen LogP contribution is 2.30. The Labute approximate surface area is 163 Å². The lowest BCUT2D eigenvalue weighted by Crippen LogP contribution is -2.36. The van der Waals surface area contributed by atoms with Crippen LogP contribution in [0.3, 0.4) is 0 Å². The van der Waals surface area contributed by atoms with E-state index in [1.165, 1.54) is 11.0 Å². The zero-order valence-corrected chi connectivity index (χ0v) is 15.4. The number of hydrogen-bond acceptors (Lipinski definition) is 7. The fourth-order valence-corrected chi connectivity index (χ4v) is 2.62. The molecule has 4 N–H and O–H groups in total. The Morgan fingerprint density at radius 1 is 1.38 bits per heavy atom. The van der Waals surface area contributed by atoms with E-state index in [9.17, 15) is 22.8 Å². The molecule has 2 amide bonds. The van der Waals surface area contributed by atoms with Crippen molar-refractivity contribution in [2.75, 3.05) is 22.7 Å². The van der Waals surface area contributed by atoms with Crippen molar-refractivity contribution in [1.29, 1.82) is 0 Å². The van der Waals surface area contributed by atoms with E-state index in [4.69, 9.17) is 10.6 Å². The van der Waals surface area contributed by atoms with Gasteiger partial charge in [-0.25, -0.2) is 20.1 Å². The van der Waals surface area contributed by atoms with Gasteiger partial charge >= 0.3 is 18.2 Å². The van der Waals surface area contributed by atoms with Gasteiger partial charge in [-0.05, 0) is 32.0 Å². The molecule has 0 bridgehead atoms. The van der Waals surface area contributed by atoms with Crippen LogP contribution < -0.4 is 21.4 Å². The lowest BCUT2D eigenvalue weighted by Gasteiger charge is -2.17. The highest BCUT2D eigenvalue weighted by Gasteiger charge is 2.37. The van der Waals surface area contributed by atoms with Gasteiger partial charge in [0.1, 0.15) is 11.4 Å². The fourth-order valence-electron chi connectivity index (χ4n) is 2.62. The summed E-state index contributed by atoms with van der Waals surface area (Å²) in [5.74, 6) is -1.24. The summed E-state index contributed by atoms with van der Waals surface area (Å²) in [6.45, 7) is 3.94. The van der Waals surface area contributed by atoms with Crippen LogP contribution in [0.1, 0.15) is 29.8 Å². The minimum Gasteiger partial charge on any atom is -0.383 e. The van der Waals surface area contributed by atoms with E-state index in [-0.39, 0.29) is 23.0 Å². The lowest BCUT2D eigenvalue weighted by molar-refractivity contribution is -0.137. The molecule has 1 aliphatic heterocycles. The Bertz CT molecular complexity index is 964. The molecule has 0 atom stereocenters. The average molecular weight is 410 g/mol. The summed E-state index contributed by atoms with van der Waals surface area (Å²) in [6.07, 6.45) is -3.46. The van der Waals surface area contributed by atoms with E-state index in [1.807, 2.05) is 13.8 Å². The second-order valence-electron chi connectivity index (χ2n) is 6.94. The predicted octanol–water partition coefficient (Wildman–Crippen LogP) is 2.57. The highest BCUT2D eigenvalue weighted by atomic mass is 19.4. The Morgan fingerprint density at radius 2 is 2.10 bits per heavy atom. The summed E-state index contributed by atoms with van der Waals surface area (Å²) in [7, 11) is 0. The molecule has 0 aliphatic carbocycles. The molecule has 1 saturated heterocycles. The van der Waals surface area contributed by atoms with Gasteiger partial charge in [-0.1, -0.05) is 6.07 Å². The van der Waals surface area contributed by atoms with Gasteiger partial charge < -0.3 is 15.9 Å². The van der Waals surface area contributed by atoms with Gasteiger partial charge in [0.15, 0.2) is 0 Å². The molecule has 1 aromatic heterocycles. The van der Waals surface area contributed by atoms with Gasteiger partial charge in [0.05, 0.1) is 23.3 Å². The standard InChI is InChI=1S/C17H17F3N6O3/c1-16(2)8-26(15(28)24-16)14-22-7-11(12(21)23-14)13(27)29-25-10-5-3-4-9(6-10)17(18,19)20/h3-7,25H,8H2,1-2H3,(H,24,28)(H2,21,22,23). The average Bonchev–Trinajstić information content (AvgIpc) is 2.91. The van der Waals surface area contributed by atoms with Crippen LogP contribution in [0.15, 0.2) is 30.5 Å². The number of carbonyl (C=O) groups is 2. The monoisotopic (exact) mass is 410 g/mol. The number of rotatable bonds is 4. The molecule has 1 aliphatic rings. The maximum Gasteiger partial charge on any atom is 0.416 e. The topological polar surface area (TPSA) is 122 Å². The van der Waals surface area contributed by atoms with Gasteiger partial charge in [-0.15, -0.1) is 0 Å². The summed E-state index contributed by atoms with van der Waals surface area (Å²) in [4.78, 5) is 38.1. The predicted molar refractivity (Wildman–Crippen MR) is 96.9 cm³/mol. The fraction of sp³-hybridized carbons (Fsp3) is 0.294. The molecule has 0 radical (unpaired) electrons. The van der Waals surface area contributed by atoms with Gasteiger partial charge in [0, 0.05) is 6.20 Å². The summed E-state index contributed by atoms with van der Waals surface area (Å²) in [5, 5.41) is 2.74. The number of benzene rings is 1. The van der Waals surface area contributed by atoms with Crippen molar-refractivity contribution in [3.05, 3.63) is 41.6 Å². The summed E-state index contributed by atoms with van der Waals surface area (Å²) in [6, 6.07) is 3.71. The Kier molecular flexibility index (Phi) is 4.95. The number of aromatic nitrogens is 2. The minimum atomic E-state index is -4.54. The van der Waals surface area contributed by atoms with Crippen LogP contribution in [-0.2, 0) is 11.0 Å². The molecule has 3 rings (SSSR count). The van der Waals surface area contributed by atoms with Crippen LogP contribution in [0, 0.1) is 0 Å². The van der Waals surface area contributed by atoms with Crippen molar-refractivity contribution in [3.8, 4) is 0 Å². The molecule has 1 fully saturated rings. The number of halogens is 3. The van der Waals surface area contributed by atoms with Crippen molar-refractivity contribution in [2.45, 2.75) is 25.6 Å². The lowest BCUT2D eigenvalue weighted by atomic mass is 10.1. The summed E-state index contributed by atoms with van der Waals surface area (Å²) in [5.41, 5.74) is 6.21. The maximum atomic E-state index is 12.7. The molecule has 9 nitrogen and oxygen atoms in total. The zero-order chi connectivity index (χ0) is 21.4. The maximum absolute atomic E-state index is 12.7. The van der Waals surface area contributed by atoms with Crippen molar-refractivity contribution in [2.24, 2.45) is 0 Å². The number of carbonyl (C=O) groups excluding carboxylic acids is 2. The van der Waals surface area contributed by atoms with Crippen LogP contribution in [0.2, 0.25) is 0 Å². The van der Waals surface area contributed by atoms with Gasteiger partial charge in [-0.2, -0.15) is 18.2 Å². The third-order valence-corrected chi connectivity index (χ3v) is 3.96.